The van der Waals surface area contributed by atoms with Crippen LogP contribution in [0.2, 0.25) is 0 Å². The molecule has 13 nitrogen and oxygen atoms in total. The standard InChI is InChI=1S/C43H81O13P/c1-3-5-7-9-10-11-12-13-14-15-19-22-26-30-38(46)36(28-24-8-6-4-2)29-25-21-18-16-17-20-23-27-31-41(49)54-34-37(32-44)56-57(52,53)55-35-40(48)43(51)42(50)39(47)33-45/h14-15,26,30,36-37,39-40,42-45,47-48,50-51H,3-13,16-25,27-29,31-35H2,1-2H3,(H,52,53)/t36?,37-,39+,40+,42+,43+/m0/s1. The molecule has 0 aromatic carbocycles. The van der Waals surface area contributed by atoms with Crippen molar-refractivity contribution in [3.05, 3.63) is 24.3 Å². The summed E-state index contributed by atoms with van der Waals surface area (Å²) in [5.41, 5.74) is 0. The number of carbonyl (C=O) groups excluding carboxylic acids is 2. The van der Waals surface area contributed by atoms with E-state index in [-0.39, 0.29) is 18.1 Å². The molecule has 0 radical (unpaired) electrons. The van der Waals surface area contributed by atoms with Gasteiger partial charge in [0, 0.05) is 12.3 Å². The molecule has 0 saturated carbocycles. The van der Waals surface area contributed by atoms with E-state index in [0.717, 1.165) is 83.5 Å². The molecular formula is C43H81O13P. The van der Waals surface area contributed by atoms with E-state index in [1.165, 1.54) is 64.2 Å². The Morgan fingerprint density at radius 1 is 0.596 bits per heavy atom. The summed E-state index contributed by atoms with van der Waals surface area (Å²) >= 11 is 0. The van der Waals surface area contributed by atoms with Crippen LogP contribution in [0.5, 0.6) is 0 Å². The third kappa shape index (κ3) is 32.0. The van der Waals surface area contributed by atoms with Crippen LogP contribution in [-0.4, -0.2) is 104 Å². The Kier molecular flexibility index (Phi) is 36.5. The van der Waals surface area contributed by atoms with E-state index in [1.54, 1.807) is 0 Å². The number of rotatable bonds is 41. The molecule has 0 aliphatic carbocycles. The summed E-state index contributed by atoms with van der Waals surface area (Å²) in [5.74, 6) is -0.162. The molecule has 336 valence electrons. The number of carbonyl (C=O) groups is 2. The van der Waals surface area contributed by atoms with Gasteiger partial charge in [-0.25, -0.2) is 4.57 Å². The van der Waals surface area contributed by atoms with Gasteiger partial charge >= 0.3 is 13.8 Å². The predicted octanol–water partition coefficient (Wildman–Crippen LogP) is 7.55. The first-order chi connectivity index (χ1) is 27.4. The van der Waals surface area contributed by atoms with E-state index in [9.17, 15) is 44.6 Å². The van der Waals surface area contributed by atoms with E-state index >= 15 is 0 Å². The van der Waals surface area contributed by atoms with Gasteiger partial charge in [-0.2, -0.15) is 0 Å². The topological polar surface area (TPSA) is 221 Å². The normalized spacial score (nSPS) is 16.4. The van der Waals surface area contributed by atoms with E-state index in [1.807, 2.05) is 6.08 Å². The summed E-state index contributed by atoms with van der Waals surface area (Å²) in [6, 6.07) is 0. The van der Waals surface area contributed by atoms with Crippen molar-refractivity contribution in [3.8, 4) is 0 Å². The fraction of sp³-hybridized carbons (Fsp3) is 0.860. The summed E-state index contributed by atoms with van der Waals surface area (Å²) in [7, 11) is -4.89. The van der Waals surface area contributed by atoms with E-state index in [4.69, 9.17) is 14.4 Å². The molecule has 7 N–H and O–H groups in total. The van der Waals surface area contributed by atoms with Crippen LogP contribution in [0.25, 0.3) is 0 Å². The van der Waals surface area contributed by atoms with Crippen molar-refractivity contribution in [2.75, 3.05) is 26.4 Å². The van der Waals surface area contributed by atoms with Gasteiger partial charge in [0.25, 0.3) is 0 Å². The molecule has 14 heteroatoms. The average Bonchev–Trinajstić information content (AvgIpc) is 3.20. The van der Waals surface area contributed by atoms with Crippen LogP contribution < -0.4 is 0 Å². The van der Waals surface area contributed by atoms with Crippen molar-refractivity contribution in [1.82, 2.24) is 0 Å². The lowest BCUT2D eigenvalue weighted by Gasteiger charge is -2.26. The monoisotopic (exact) mass is 837 g/mol. The number of ketones is 1. The lowest BCUT2D eigenvalue weighted by Crippen LogP contribution is -2.47. The van der Waals surface area contributed by atoms with Crippen molar-refractivity contribution in [1.29, 1.82) is 0 Å². The number of esters is 1. The number of unbranched alkanes of at least 4 members (excludes halogenated alkanes) is 18. The minimum absolute atomic E-state index is 0.112. The summed E-state index contributed by atoms with van der Waals surface area (Å²) in [5, 5.41) is 56.9. The number of hydrogen-bond acceptors (Lipinski definition) is 12. The first-order valence-electron chi connectivity index (χ1n) is 22.0. The zero-order valence-corrected chi connectivity index (χ0v) is 36.2. The van der Waals surface area contributed by atoms with Crippen LogP contribution in [0, 0.1) is 5.92 Å². The summed E-state index contributed by atoms with van der Waals surface area (Å²) < 4.78 is 26.6. The van der Waals surface area contributed by atoms with E-state index in [0.29, 0.717) is 6.42 Å². The number of aliphatic hydroxyl groups excluding tert-OH is 6. The fourth-order valence-electron chi connectivity index (χ4n) is 6.38. The Morgan fingerprint density at radius 3 is 1.67 bits per heavy atom. The molecule has 0 aromatic heterocycles. The Labute approximate surface area is 343 Å². The van der Waals surface area contributed by atoms with Gasteiger partial charge in [-0.3, -0.25) is 18.6 Å². The second-order valence-corrected chi connectivity index (χ2v) is 16.7. The van der Waals surface area contributed by atoms with Gasteiger partial charge in [0.2, 0.25) is 0 Å². The molecule has 0 amide bonds. The molecule has 0 spiro atoms. The number of hydrogen-bond donors (Lipinski definition) is 7. The van der Waals surface area contributed by atoms with Crippen LogP contribution in [0.3, 0.4) is 0 Å². The maximum absolute atomic E-state index is 13.1. The molecule has 0 fully saturated rings. The highest BCUT2D eigenvalue weighted by Gasteiger charge is 2.34. The molecule has 0 heterocycles. The van der Waals surface area contributed by atoms with Gasteiger partial charge in [0.1, 0.15) is 37.1 Å². The van der Waals surface area contributed by atoms with Gasteiger partial charge in [-0.15, -0.1) is 0 Å². The highest BCUT2D eigenvalue weighted by atomic mass is 31.2. The van der Waals surface area contributed by atoms with Crippen molar-refractivity contribution >= 4 is 19.6 Å². The summed E-state index contributed by atoms with van der Waals surface area (Å²) in [6.45, 7) is 1.27. The zero-order chi connectivity index (χ0) is 42.6. The van der Waals surface area contributed by atoms with Crippen LogP contribution in [-0.2, 0) is 27.9 Å². The Morgan fingerprint density at radius 2 is 1.09 bits per heavy atom. The number of phosphoric ester groups is 1. The largest absolute Gasteiger partial charge is 0.472 e. The molecule has 2 unspecified atom stereocenters. The molecule has 0 aromatic rings. The van der Waals surface area contributed by atoms with Gasteiger partial charge in [0.05, 0.1) is 19.8 Å². The van der Waals surface area contributed by atoms with Crippen LogP contribution in [0.4, 0.5) is 0 Å². The van der Waals surface area contributed by atoms with Gasteiger partial charge in [-0.05, 0) is 51.0 Å². The molecule has 0 bridgehead atoms. The number of phosphoric acid groups is 1. The van der Waals surface area contributed by atoms with Crippen LogP contribution in [0.1, 0.15) is 174 Å². The van der Waals surface area contributed by atoms with Crippen LogP contribution in [0.15, 0.2) is 24.3 Å². The average molecular weight is 837 g/mol. The van der Waals surface area contributed by atoms with Gasteiger partial charge in [-0.1, -0.05) is 141 Å². The number of ether oxygens (including phenoxy) is 1. The highest BCUT2D eigenvalue weighted by molar-refractivity contribution is 7.47. The minimum Gasteiger partial charge on any atom is -0.463 e. The Hall–Kier alpha value is -1.51. The third-order valence-electron chi connectivity index (χ3n) is 10.1. The van der Waals surface area contributed by atoms with Crippen molar-refractivity contribution in [2.24, 2.45) is 5.92 Å². The quantitative estimate of drug-likeness (QED) is 0.0104. The first kappa shape index (κ1) is 55.5. The lowest BCUT2D eigenvalue weighted by molar-refractivity contribution is -0.147. The summed E-state index contributed by atoms with van der Waals surface area (Å²) in [6.07, 6.45) is 26.3. The van der Waals surface area contributed by atoms with Crippen molar-refractivity contribution < 1.29 is 63.5 Å². The first-order valence-corrected chi connectivity index (χ1v) is 23.5. The van der Waals surface area contributed by atoms with Crippen molar-refractivity contribution in [2.45, 2.75) is 205 Å². The molecule has 7 atom stereocenters. The highest BCUT2D eigenvalue weighted by Crippen LogP contribution is 2.44. The minimum atomic E-state index is -4.89. The van der Waals surface area contributed by atoms with Crippen molar-refractivity contribution in [3.63, 3.8) is 0 Å². The Balaban J connectivity index is 4.24. The molecule has 0 saturated heterocycles. The third-order valence-corrected chi connectivity index (χ3v) is 11.1. The Bertz CT molecular complexity index is 1070. The number of aliphatic hydroxyl groups is 6. The van der Waals surface area contributed by atoms with Crippen LogP contribution >= 0.6 is 7.82 Å². The number of allylic oxidation sites excluding steroid dienone is 4. The maximum atomic E-state index is 13.1. The second kappa shape index (κ2) is 37.5. The molecule has 57 heavy (non-hydrogen) atoms. The fourth-order valence-corrected chi connectivity index (χ4v) is 7.28. The van der Waals surface area contributed by atoms with E-state index in [2.05, 4.69) is 36.6 Å². The predicted molar refractivity (Wildman–Crippen MR) is 223 cm³/mol. The lowest BCUT2D eigenvalue weighted by atomic mass is 9.90. The molecule has 0 aliphatic heterocycles. The molecular weight excluding hydrogens is 755 g/mol. The molecule has 0 rings (SSSR count). The maximum Gasteiger partial charge on any atom is 0.472 e. The smallest absolute Gasteiger partial charge is 0.463 e. The second-order valence-electron chi connectivity index (χ2n) is 15.3. The van der Waals surface area contributed by atoms with Gasteiger partial charge < -0.3 is 40.3 Å². The molecule has 0 aliphatic rings. The van der Waals surface area contributed by atoms with E-state index < -0.39 is 70.7 Å². The summed E-state index contributed by atoms with van der Waals surface area (Å²) in [4.78, 5) is 35.1. The zero-order valence-electron chi connectivity index (χ0n) is 35.3. The SMILES string of the molecule is CCCCCCCCCC=CCCC=CC(=O)C(CCCCCC)CCCCCCCCCCC(=O)OC[C@H](CO)OP(=O)(O)OC[C@@H](O)[C@@H](O)[C@H](O)[C@H](O)CO. The van der Waals surface area contributed by atoms with Gasteiger partial charge in [0.15, 0.2) is 5.78 Å².